The van der Waals surface area contributed by atoms with Crippen molar-refractivity contribution < 1.29 is 8.95 Å². The number of hydrogen-bond acceptors (Lipinski definition) is 3. The zero-order valence-corrected chi connectivity index (χ0v) is 12.3. The highest BCUT2D eigenvalue weighted by Crippen LogP contribution is 2.32. The van der Waals surface area contributed by atoms with Crippen LogP contribution in [0.4, 0.5) is 0 Å². The second-order valence-electron chi connectivity index (χ2n) is 4.42. The van der Waals surface area contributed by atoms with Gasteiger partial charge in [-0.05, 0) is 30.7 Å². The summed E-state index contributed by atoms with van der Waals surface area (Å²) in [5, 5.41) is -0.113. The van der Waals surface area contributed by atoms with Crippen molar-refractivity contribution in [2.45, 2.75) is 16.6 Å². The quantitative estimate of drug-likeness (QED) is 0.889. The summed E-state index contributed by atoms with van der Waals surface area (Å²) in [6.45, 7) is 0.500. The van der Waals surface area contributed by atoms with Gasteiger partial charge < -0.3 is 10.5 Å². The smallest absolute Gasteiger partial charge is 0.134 e. The van der Waals surface area contributed by atoms with Crippen molar-refractivity contribution in [3.8, 4) is 5.75 Å². The molecule has 0 aromatic heterocycles. The van der Waals surface area contributed by atoms with E-state index < -0.39 is 10.8 Å². The predicted octanol–water partition coefficient (Wildman–Crippen LogP) is 2.89. The van der Waals surface area contributed by atoms with Gasteiger partial charge in [0.25, 0.3) is 0 Å². The monoisotopic (exact) mass is 289 g/mol. The highest BCUT2D eigenvalue weighted by Gasteiger charge is 2.22. The fraction of sp³-hybridized carbons (Fsp3) is 0.250. The summed E-state index contributed by atoms with van der Waals surface area (Å²) in [5.74, 6) is 0.656. The largest absolute Gasteiger partial charge is 0.495 e. The van der Waals surface area contributed by atoms with Crippen LogP contribution in [0.15, 0.2) is 59.5 Å². The molecule has 0 radical (unpaired) electrons. The van der Waals surface area contributed by atoms with Crippen LogP contribution in [0, 0.1) is 0 Å². The Labute approximate surface area is 122 Å². The Kier molecular flexibility index (Phi) is 5.32. The number of benzene rings is 2. The Bertz CT molecular complexity index is 572. The summed E-state index contributed by atoms with van der Waals surface area (Å²) < 4.78 is 18.2. The number of rotatable bonds is 6. The normalized spacial score (nSPS) is 13.7. The molecule has 0 aliphatic rings. The zero-order chi connectivity index (χ0) is 14.4. The minimum absolute atomic E-state index is 0.113. The number of nitrogens with two attached hydrogens (primary N) is 1. The molecule has 0 saturated carbocycles. The van der Waals surface area contributed by atoms with Gasteiger partial charge in [-0.15, -0.1) is 0 Å². The van der Waals surface area contributed by atoms with Gasteiger partial charge in [0.1, 0.15) is 5.75 Å². The van der Waals surface area contributed by atoms with Crippen LogP contribution in [0.2, 0.25) is 0 Å². The lowest BCUT2D eigenvalue weighted by molar-refractivity contribution is 0.404. The van der Waals surface area contributed by atoms with Crippen LogP contribution in [0.5, 0.6) is 5.75 Å². The summed E-state index contributed by atoms with van der Waals surface area (Å²) in [6, 6.07) is 17.3. The first-order valence-electron chi connectivity index (χ1n) is 6.56. The van der Waals surface area contributed by atoms with Gasteiger partial charge >= 0.3 is 0 Å². The molecule has 2 atom stereocenters. The van der Waals surface area contributed by atoms with E-state index in [0.29, 0.717) is 18.7 Å². The second-order valence-corrected chi connectivity index (χ2v) is 6.03. The predicted molar refractivity (Wildman–Crippen MR) is 82.3 cm³/mol. The summed E-state index contributed by atoms with van der Waals surface area (Å²) >= 11 is 0. The van der Waals surface area contributed by atoms with Crippen molar-refractivity contribution in [1.29, 1.82) is 0 Å². The first-order chi connectivity index (χ1) is 9.77. The van der Waals surface area contributed by atoms with E-state index >= 15 is 0 Å². The number of ether oxygens (including phenoxy) is 1. The Hall–Kier alpha value is -1.65. The fourth-order valence-corrected chi connectivity index (χ4v) is 3.78. The molecule has 0 bridgehead atoms. The Balaban J connectivity index is 2.37. The summed E-state index contributed by atoms with van der Waals surface area (Å²) in [5.41, 5.74) is 6.73. The van der Waals surface area contributed by atoms with Crippen molar-refractivity contribution in [2.75, 3.05) is 13.7 Å². The van der Waals surface area contributed by atoms with Gasteiger partial charge in [-0.3, -0.25) is 4.21 Å². The topological polar surface area (TPSA) is 52.3 Å². The van der Waals surface area contributed by atoms with E-state index in [0.717, 1.165) is 10.5 Å². The molecule has 20 heavy (non-hydrogen) atoms. The molecule has 2 aromatic rings. The van der Waals surface area contributed by atoms with Gasteiger partial charge in [0, 0.05) is 0 Å². The molecular weight excluding hydrogens is 270 g/mol. The van der Waals surface area contributed by atoms with E-state index in [1.165, 1.54) is 0 Å². The molecule has 0 saturated heterocycles. The molecule has 2 rings (SSSR count). The lowest BCUT2D eigenvalue weighted by atomic mass is 10.1. The summed E-state index contributed by atoms with van der Waals surface area (Å²) in [6.07, 6.45) is 0.675. The molecule has 0 spiro atoms. The maximum Gasteiger partial charge on any atom is 0.134 e. The van der Waals surface area contributed by atoms with Crippen molar-refractivity contribution in [3.63, 3.8) is 0 Å². The second kappa shape index (κ2) is 7.22. The summed E-state index contributed by atoms with van der Waals surface area (Å²) in [7, 11) is 0.405. The molecular formula is C16H19NO2S. The molecule has 0 amide bonds. The molecule has 0 aliphatic carbocycles. The molecule has 3 nitrogen and oxygen atoms in total. The van der Waals surface area contributed by atoms with Crippen LogP contribution in [0.3, 0.4) is 0 Å². The lowest BCUT2D eigenvalue weighted by Gasteiger charge is -2.18. The van der Waals surface area contributed by atoms with Crippen LogP contribution in [0.1, 0.15) is 17.2 Å². The van der Waals surface area contributed by atoms with E-state index in [1.807, 2.05) is 54.6 Å². The van der Waals surface area contributed by atoms with Crippen molar-refractivity contribution in [3.05, 3.63) is 60.2 Å². The number of para-hydroxylation sites is 1. The van der Waals surface area contributed by atoms with E-state index in [4.69, 9.17) is 10.5 Å². The van der Waals surface area contributed by atoms with Gasteiger partial charge in [-0.1, -0.05) is 42.5 Å². The maximum absolute atomic E-state index is 12.9. The van der Waals surface area contributed by atoms with Gasteiger partial charge in [0.05, 0.1) is 28.1 Å². The van der Waals surface area contributed by atoms with Crippen LogP contribution in [-0.4, -0.2) is 17.9 Å². The minimum atomic E-state index is -1.19. The molecule has 0 aliphatic heterocycles. The molecule has 2 aromatic carbocycles. The standard InChI is InChI=1S/C16H19NO2S/c1-19-14-9-5-6-10-16(14)20(18)15(11-12-17)13-7-3-2-4-8-13/h2-10,15H,11-12,17H2,1H3. The zero-order valence-electron chi connectivity index (χ0n) is 11.5. The Morgan fingerprint density at radius 2 is 1.75 bits per heavy atom. The average molecular weight is 289 g/mol. The van der Waals surface area contributed by atoms with E-state index in [2.05, 4.69) is 0 Å². The molecule has 0 fully saturated rings. The first kappa shape index (κ1) is 14.8. The third-order valence-electron chi connectivity index (χ3n) is 3.14. The highest BCUT2D eigenvalue weighted by atomic mass is 32.2. The highest BCUT2D eigenvalue weighted by molar-refractivity contribution is 7.85. The lowest BCUT2D eigenvalue weighted by Crippen LogP contribution is -2.13. The summed E-state index contributed by atoms with van der Waals surface area (Å²) in [4.78, 5) is 0.720. The van der Waals surface area contributed by atoms with E-state index in [1.54, 1.807) is 7.11 Å². The van der Waals surface area contributed by atoms with Gasteiger partial charge in [-0.2, -0.15) is 0 Å². The third-order valence-corrected chi connectivity index (χ3v) is 4.94. The Morgan fingerprint density at radius 3 is 2.40 bits per heavy atom. The molecule has 0 heterocycles. The average Bonchev–Trinajstić information content (AvgIpc) is 2.52. The number of methoxy groups -OCH3 is 1. The molecule has 2 unspecified atom stereocenters. The Morgan fingerprint density at radius 1 is 1.10 bits per heavy atom. The molecule has 2 N–H and O–H groups in total. The van der Waals surface area contributed by atoms with Gasteiger partial charge in [0.15, 0.2) is 0 Å². The van der Waals surface area contributed by atoms with Crippen LogP contribution in [-0.2, 0) is 10.8 Å². The van der Waals surface area contributed by atoms with Crippen molar-refractivity contribution in [1.82, 2.24) is 0 Å². The molecule has 106 valence electrons. The van der Waals surface area contributed by atoms with Crippen LogP contribution < -0.4 is 10.5 Å². The minimum Gasteiger partial charge on any atom is -0.495 e. The van der Waals surface area contributed by atoms with Gasteiger partial charge in [0.2, 0.25) is 0 Å². The fourth-order valence-electron chi connectivity index (χ4n) is 2.15. The molecule has 4 heteroatoms. The van der Waals surface area contributed by atoms with Crippen LogP contribution in [0.25, 0.3) is 0 Å². The van der Waals surface area contributed by atoms with Gasteiger partial charge in [-0.25, -0.2) is 0 Å². The first-order valence-corrected chi connectivity index (χ1v) is 7.78. The SMILES string of the molecule is COc1ccccc1S(=O)C(CCN)c1ccccc1. The number of hydrogen-bond donors (Lipinski definition) is 1. The van der Waals surface area contributed by atoms with Crippen molar-refractivity contribution >= 4 is 10.8 Å². The van der Waals surface area contributed by atoms with E-state index in [9.17, 15) is 4.21 Å². The van der Waals surface area contributed by atoms with E-state index in [-0.39, 0.29) is 5.25 Å². The third kappa shape index (κ3) is 3.26. The van der Waals surface area contributed by atoms with Crippen LogP contribution >= 0.6 is 0 Å². The maximum atomic E-state index is 12.9. The van der Waals surface area contributed by atoms with Crippen molar-refractivity contribution in [2.24, 2.45) is 5.73 Å².